The van der Waals surface area contributed by atoms with Crippen molar-refractivity contribution in [3.8, 4) is 11.5 Å². The Morgan fingerprint density at radius 3 is 2.43 bits per heavy atom. The Balaban J connectivity index is 1.88. The lowest BCUT2D eigenvalue weighted by Gasteiger charge is -2.31. The van der Waals surface area contributed by atoms with Gasteiger partial charge in [-0.15, -0.1) is 0 Å². The number of rotatable bonds is 5. The SMILES string of the molecule is C[C@H]1Oc2ccccc2O[C@@H]1C(=O)NCCNS(C)(=O)=O. The third-order valence-electron chi connectivity index (χ3n) is 2.89. The number of nitrogens with one attached hydrogen (secondary N) is 2. The summed E-state index contributed by atoms with van der Waals surface area (Å²) in [6.45, 7) is 2.05. The number of hydrogen-bond acceptors (Lipinski definition) is 5. The van der Waals surface area contributed by atoms with Crippen molar-refractivity contribution in [1.29, 1.82) is 0 Å². The second-order valence-corrected chi connectivity index (χ2v) is 6.60. The monoisotopic (exact) mass is 314 g/mol. The smallest absolute Gasteiger partial charge is 0.265 e. The molecule has 7 nitrogen and oxygen atoms in total. The van der Waals surface area contributed by atoms with Crippen molar-refractivity contribution in [2.24, 2.45) is 0 Å². The highest BCUT2D eigenvalue weighted by molar-refractivity contribution is 7.88. The van der Waals surface area contributed by atoms with Gasteiger partial charge in [-0.1, -0.05) is 12.1 Å². The summed E-state index contributed by atoms with van der Waals surface area (Å²) in [4.78, 5) is 12.0. The molecule has 0 saturated heterocycles. The zero-order valence-corrected chi connectivity index (χ0v) is 12.6. The van der Waals surface area contributed by atoms with Crippen molar-refractivity contribution in [1.82, 2.24) is 10.0 Å². The van der Waals surface area contributed by atoms with Crippen molar-refractivity contribution < 1.29 is 22.7 Å². The predicted octanol–water partition coefficient (Wildman–Crippen LogP) is -0.120. The average molecular weight is 314 g/mol. The molecule has 2 atom stereocenters. The van der Waals surface area contributed by atoms with Crippen molar-refractivity contribution in [2.45, 2.75) is 19.1 Å². The second-order valence-electron chi connectivity index (χ2n) is 4.77. The summed E-state index contributed by atoms with van der Waals surface area (Å²) in [5, 5.41) is 2.62. The number of amides is 1. The number of ether oxygens (including phenoxy) is 2. The molecule has 0 bridgehead atoms. The largest absolute Gasteiger partial charge is 0.482 e. The van der Waals surface area contributed by atoms with Crippen LogP contribution in [0.2, 0.25) is 0 Å². The number of carbonyl (C=O) groups is 1. The summed E-state index contributed by atoms with van der Waals surface area (Å²) in [6, 6.07) is 7.12. The normalized spacial score (nSPS) is 20.9. The van der Waals surface area contributed by atoms with Crippen LogP contribution in [0.4, 0.5) is 0 Å². The molecule has 0 saturated carbocycles. The van der Waals surface area contributed by atoms with Gasteiger partial charge in [-0.3, -0.25) is 4.79 Å². The Hall–Kier alpha value is -1.80. The first-order chi connectivity index (χ1) is 9.87. The van der Waals surface area contributed by atoms with Crippen LogP contribution in [0, 0.1) is 0 Å². The van der Waals surface area contributed by atoms with E-state index in [1.807, 2.05) is 6.07 Å². The second kappa shape index (κ2) is 6.31. The molecule has 1 heterocycles. The van der Waals surface area contributed by atoms with Gasteiger partial charge in [-0.05, 0) is 19.1 Å². The van der Waals surface area contributed by atoms with Crippen LogP contribution in [0.1, 0.15) is 6.92 Å². The van der Waals surface area contributed by atoms with Crippen LogP contribution in [0.15, 0.2) is 24.3 Å². The Morgan fingerprint density at radius 2 is 1.81 bits per heavy atom. The summed E-state index contributed by atoms with van der Waals surface area (Å²) in [5.41, 5.74) is 0. The molecule has 116 valence electrons. The molecule has 0 spiro atoms. The van der Waals surface area contributed by atoms with Crippen LogP contribution in [0.3, 0.4) is 0 Å². The highest BCUT2D eigenvalue weighted by atomic mass is 32.2. The third-order valence-corrected chi connectivity index (χ3v) is 3.62. The summed E-state index contributed by atoms with van der Waals surface area (Å²) >= 11 is 0. The van der Waals surface area contributed by atoms with Crippen LogP contribution in [-0.4, -0.2) is 45.9 Å². The lowest BCUT2D eigenvalue weighted by atomic mass is 10.1. The van der Waals surface area contributed by atoms with Crippen molar-refractivity contribution in [3.63, 3.8) is 0 Å². The van der Waals surface area contributed by atoms with Crippen LogP contribution in [0.25, 0.3) is 0 Å². The van der Waals surface area contributed by atoms with Gasteiger partial charge in [0.15, 0.2) is 11.5 Å². The number of carbonyl (C=O) groups excluding carboxylic acids is 1. The van der Waals surface area contributed by atoms with E-state index in [0.29, 0.717) is 11.5 Å². The van der Waals surface area contributed by atoms with E-state index in [4.69, 9.17) is 9.47 Å². The Bertz CT molecular complexity index is 617. The maximum Gasteiger partial charge on any atom is 0.265 e. The van der Waals surface area contributed by atoms with Crippen LogP contribution < -0.4 is 19.5 Å². The van der Waals surface area contributed by atoms with Gasteiger partial charge < -0.3 is 14.8 Å². The third kappa shape index (κ3) is 4.33. The molecular formula is C13H18N2O5S. The number of benzene rings is 1. The van der Waals surface area contributed by atoms with E-state index in [1.165, 1.54) is 0 Å². The number of hydrogen-bond donors (Lipinski definition) is 2. The van der Waals surface area contributed by atoms with Gasteiger partial charge >= 0.3 is 0 Å². The first kappa shape index (κ1) is 15.6. The maximum atomic E-state index is 12.0. The van der Waals surface area contributed by atoms with E-state index >= 15 is 0 Å². The van der Waals surface area contributed by atoms with E-state index in [9.17, 15) is 13.2 Å². The molecule has 1 aliphatic rings. The zero-order valence-electron chi connectivity index (χ0n) is 11.8. The van der Waals surface area contributed by atoms with E-state index in [-0.39, 0.29) is 19.0 Å². The Morgan fingerprint density at radius 1 is 1.19 bits per heavy atom. The van der Waals surface area contributed by atoms with Crippen molar-refractivity contribution in [2.75, 3.05) is 19.3 Å². The molecule has 2 N–H and O–H groups in total. The summed E-state index contributed by atoms with van der Waals surface area (Å²) < 4.78 is 35.3. The molecule has 0 fully saturated rings. The molecule has 0 radical (unpaired) electrons. The Labute approximate surface area is 123 Å². The fourth-order valence-corrected chi connectivity index (χ4v) is 2.40. The standard InChI is InChI=1S/C13H18N2O5S/c1-9-12(13(16)14-7-8-15-21(2,17)18)20-11-6-4-3-5-10(11)19-9/h3-6,9,12,15H,7-8H2,1-2H3,(H,14,16)/t9-,12+/m1/s1. The lowest BCUT2D eigenvalue weighted by molar-refractivity contribution is -0.133. The molecule has 21 heavy (non-hydrogen) atoms. The van der Waals surface area contributed by atoms with Crippen LogP contribution in [0.5, 0.6) is 11.5 Å². The molecule has 2 rings (SSSR count). The maximum absolute atomic E-state index is 12.0. The van der Waals surface area contributed by atoms with E-state index in [0.717, 1.165) is 6.26 Å². The molecule has 0 unspecified atom stereocenters. The lowest BCUT2D eigenvalue weighted by Crippen LogP contribution is -2.50. The van der Waals surface area contributed by atoms with Crippen molar-refractivity contribution >= 4 is 15.9 Å². The topological polar surface area (TPSA) is 93.7 Å². The highest BCUT2D eigenvalue weighted by Crippen LogP contribution is 2.33. The summed E-state index contributed by atoms with van der Waals surface area (Å²) in [7, 11) is -3.25. The van der Waals surface area contributed by atoms with E-state index in [1.54, 1.807) is 25.1 Å². The molecule has 1 aliphatic heterocycles. The average Bonchev–Trinajstić information content (AvgIpc) is 2.41. The molecule has 1 aromatic rings. The van der Waals surface area contributed by atoms with Crippen molar-refractivity contribution in [3.05, 3.63) is 24.3 Å². The first-order valence-electron chi connectivity index (χ1n) is 6.51. The van der Waals surface area contributed by atoms with Crippen LogP contribution >= 0.6 is 0 Å². The minimum absolute atomic E-state index is 0.128. The van der Waals surface area contributed by atoms with Gasteiger partial charge in [-0.25, -0.2) is 13.1 Å². The number of para-hydroxylation sites is 2. The first-order valence-corrected chi connectivity index (χ1v) is 8.40. The van der Waals surface area contributed by atoms with E-state index in [2.05, 4.69) is 10.0 Å². The van der Waals surface area contributed by atoms with Gasteiger partial charge in [0.2, 0.25) is 16.1 Å². The highest BCUT2D eigenvalue weighted by Gasteiger charge is 2.33. The van der Waals surface area contributed by atoms with Gasteiger partial charge in [0, 0.05) is 13.1 Å². The molecular weight excluding hydrogens is 296 g/mol. The molecule has 0 aromatic heterocycles. The molecule has 1 amide bonds. The summed E-state index contributed by atoms with van der Waals surface area (Å²) in [6.07, 6.45) is -0.132. The zero-order chi connectivity index (χ0) is 15.5. The number of fused-ring (bicyclic) bond motifs is 1. The molecule has 8 heteroatoms. The fraction of sp³-hybridized carbons (Fsp3) is 0.462. The van der Waals surface area contributed by atoms with Gasteiger partial charge in [0.05, 0.1) is 6.26 Å². The van der Waals surface area contributed by atoms with Gasteiger partial charge in [0.1, 0.15) is 6.10 Å². The van der Waals surface area contributed by atoms with E-state index < -0.39 is 22.2 Å². The molecule has 1 aromatic carbocycles. The minimum atomic E-state index is -3.25. The van der Waals surface area contributed by atoms with Gasteiger partial charge in [0.25, 0.3) is 5.91 Å². The quantitative estimate of drug-likeness (QED) is 0.739. The fourth-order valence-electron chi connectivity index (χ4n) is 1.93. The van der Waals surface area contributed by atoms with Crippen LogP contribution in [-0.2, 0) is 14.8 Å². The minimum Gasteiger partial charge on any atom is -0.482 e. The van der Waals surface area contributed by atoms with Gasteiger partial charge in [-0.2, -0.15) is 0 Å². The Kier molecular flexibility index (Phi) is 4.69. The number of sulfonamides is 1. The summed E-state index contributed by atoms with van der Waals surface area (Å²) in [5.74, 6) is 0.783. The molecule has 0 aliphatic carbocycles. The predicted molar refractivity (Wildman–Crippen MR) is 76.8 cm³/mol.